The summed E-state index contributed by atoms with van der Waals surface area (Å²) in [6.45, 7) is 3.94. The largest absolute Gasteiger partial charge is 0.478 e. The number of anilines is 1. The summed E-state index contributed by atoms with van der Waals surface area (Å²) in [5, 5.41) is 12.3. The molecule has 4 nitrogen and oxygen atoms in total. The molecule has 0 radical (unpaired) electrons. The fourth-order valence-electron chi connectivity index (χ4n) is 2.38. The molecule has 0 saturated carbocycles. The van der Waals surface area contributed by atoms with Gasteiger partial charge in [-0.3, -0.25) is 4.79 Å². The van der Waals surface area contributed by atoms with Gasteiger partial charge in [0.05, 0.1) is 22.7 Å². The summed E-state index contributed by atoms with van der Waals surface area (Å²) < 4.78 is 0.619. The Balaban J connectivity index is 2.23. The standard InChI is InChI=1S/C17H15ClINO3/c1-9-3-10(2)5-11(4-9)6-16(21)20-15-8-13(18)14(19)7-12(15)17(22)23/h3-5,7-8H,6H2,1-2H3,(H,20,21)(H,22,23). The minimum Gasteiger partial charge on any atom is -0.478 e. The van der Waals surface area contributed by atoms with Crippen LogP contribution in [0, 0.1) is 17.4 Å². The highest BCUT2D eigenvalue weighted by molar-refractivity contribution is 14.1. The zero-order valence-corrected chi connectivity index (χ0v) is 15.5. The molecule has 120 valence electrons. The fourth-order valence-corrected chi connectivity index (χ4v) is 3.01. The van der Waals surface area contributed by atoms with E-state index in [4.69, 9.17) is 11.6 Å². The number of carboxylic acids is 1. The molecule has 2 N–H and O–H groups in total. The van der Waals surface area contributed by atoms with E-state index in [2.05, 4.69) is 5.32 Å². The summed E-state index contributed by atoms with van der Waals surface area (Å²) in [6.07, 6.45) is 0.172. The van der Waals surface area contributed by atoms with Crippen LogP contribution in [-0.4, -0.2) is 17.0 Å². The molecular formula is C17H15ClINO3. The molecule has 6 heteroatoms. The Morgan fingerprint density at radius 3 is 2.30 bits per heavy atom. The van der Waals surface area contributed by atoms with Crippen LogP contribution in [0.15, 0.2) is 30.3 Å². The molecule has 0 aromatic heterocycles. The normalized spacial score (nSPS) is 10.4. The van der Waals surface area contributed by atoms with Crippen LogP contribution in [0.3, 0.4) is 0 Å². The zero-order chi connectivity index (χ0) is 17.1. The Kier molecular flexibility index (Phi) is 5.64. The molecule has 0 heterocycles. The third-order valence-corrected chi connectivity index (χ3v) is 4.74. The van der Waals surface area contributed by atoms with Crippen LogP contribution in [0.2, 0.25) is 5.02 Å². The monoisotopic (exact) mass is 443 g/mol. The summed E-state index contributed by atoms with van der Waals surface area (Å²) in [4.78, 5) is 23.5. The zero-order valence-electron chi connectivity index (χ0n) is 12.6. The van der Waals surface area contributed by atoms with Gasteiger partial charge in [0.15, 0.2) is 0 Å². The van der Waals surface area contributed by atoms with E-state index in [-0.39, 0.29) is 23.6 Å². The second kappa shape index (κ2) is 7.31. The predicted molar refractivity (Wildman–Crippen MR) is 99.4 cm³/mol. The molecule has 2 aromatic rings. The van der Waals surface area contributed by atoms with Gasteiger partial charge in [0.25, 0.3) is 0 Å². The SMILES string of the molecule is Cc1cc(C)cc(CC(=O)Nc2cc(Cl)c(I)cc2C(=O)O)c1. The number of carbonyl (C=O) groups excluding carboxylic acids is 1. The summed E-state index contributed by atoms with van der Waals surface area (Å²) >= 11 is 7.98. The van der Waals surface area contributed by atoms with Gasteiger partial charge >= 0.3 is 5.97 Å². The van der Waals surface area contributed by atoms with Gasteiger partial charge in [-0.2, -0.15) is 0 Å². The number of hydrogen-bond acceptors (Lipinski definition) is 2. The van der Waals surface area contributed by atoms with E-state index in [1.807, 2.05) is 54.6 Å². The van der Waals surface area contributed by atoms with Crippen molar-refractivity contribution in [3.8, 4) is 0 Å². The molecule has 0 spiro atoms. The smallest absolute Gasteiger partial charge is 0.337 e. The first-order chi connectivity index (χ1) is 10.8. The lowest BCUT2D eigenvalue weighted by Gasteiger charge is -2.11. The number of rotatable bonds is 4. The second-order valence-electron chi connectivity index (χ2n) is 5.34. The highest BCUT2D eigenvalue weighted by Crippen LogP contribution is 2.27. The van der Waals surface area contributed by atoms with E-state index < -0.39 is 5.97 Å². The van der Waals surface area contributed by atoms with Gasteiger partial charge < -0.3 is 10.4 Å². The molecule has 0 saturated heterocycles. The number of aryl methyl sites for hydroxylation is 2. The highest BCUT2D eigenvalue weighted by Gasteiger charge is 2.15. The molecule has 2 aromatic carbocycles. The van der Waals surface area contributed by atoms with Crippen molar-refractivity contribution < 1.29 is 14.7 Å². The van der Waals surface area contributed by atoms with E-state index in [1.165, 1.54) is 12.1 Å². The number of benzene rings is 2. The van der Waals surface area contributed by atoms with E-state index in [1.54, 1.807) is 0 Å². The molecular weight excluding hydrogens is 429 g/mol. The quantitative estimate of drug-likeness (QED) is 0.687. The number of carboxylic acid groups (broad SMARTS) is 1. The van der Waals surface area contributed by atoms with Crippen molar-refractivity contribution in [3.05, 3.63) is 61.2 Å². The van der Waals surface area contributed by atoms with Crippen molar-refractivity contribution >= 4 is 51.8 Å². The minimum atomic E-state index is -1.11. The number of nitrogens with one attached hydrogen (secondary N) is 1. The summed E-state index contributed by atoms with van der Waals surface area (Å²) in [6, 6.07) is 8.81. The lowest BCUT2D eigenvalue weighted by molar-refractivity contribution is -0.115. The van der Waals surface area contributed by atoms with Gasteiger partial charge in [-0.25, -0.2) is 4.79 Å². The van der Waals surface area contributed by atoms with Crippen molar-refractivity contribution in [2.24, 2.45) is 0 Å². The molecule has 0 atom stereocenters. The van der Waals surface area contributed by atoms with Crippen LogP contribution in [0.25, 0.3) is 0 Å². The Morgan fingerprint density at radius 2 is 1.74 bits per heavy atom. The molecule has 0 unspecified atom stereocenters. The topological polar surface area (TPSA) is 66.4 Å². The summed E-state index contributed by atoms with van der Waals surface area (Å²) in [5.41, 5.74) is 3.27. The fraction of sp³-hybridized carbons (Fsp3) is 0.176. The molecule has 0 fully saturated rings. The molecule has 1 amide bonds. The molecule has 0 bridgehead atoms. The predicted octanol–water partition coefficient (Wildman–Crippen LogP) is 4.44. The average molecular weight is 444 g/mol. The van der Waals surface area contributed by atoms with Gasteiger partial charge in [-0.05, 0) is 54.1 Å². The van der Waals surface area contributed by atoms with Crippen LogP contribution in [0.5, 0.6) is 0 Å². The summed E-state index contributed by atoms with van der Waals surface area (Å²) in [5.74, 6) is -1.39. The van der Waals surface area contributed by atoms with Gasteiger partial charge in [0.1, 0.15) is 0 Å². The van der Waals surface area contributed by atoms with Crippen molar-refractivity contribution in [2.75, 3.05) is 5.32 Å². The minimum absolute atomic E-state index is 0.0209. The van der Waals surface area contributed by atoms with Gasteiger partial charge in [0, 0.05) is 3.57 Å². The van der Waals surface area contributed by atoms with Crippen molar-refractivity contribution in [2.45, 2.75) is 20.3 Å². The summed E-state index contributed by atoms with van der Waals surface area (Å²) in [7, 11) is 0. The number of aromatic carboxylic acids is 1. The van der Waals surface area contributed by atoms with Crippen molar-refractivity contribution in [1.82, 2.24) is 0 Å². The van der Waals surface area contributed by atoms with Gasteiger partial charge in [-0.15, -0.1) is 0 Å². The van der Waals surface area contributed by atoms with Gasteiger partial charge in [-0.1, -0.05) is 40.9 Å². The maximum atomic E-state index is 12.2. The third kappa shape index (κ3) is 4.68. The number of halogens is 2. The molecule has 0 aliphatic heterocycles. The Hall–Kier alpha value is -1.60. The van der Waals surface area contributed by atoms with E-state index in [0.717, 1.165) is 16.7 Å². The van der Waals surface area contributed by atoms with Crippen LogP contribution < -0.4 is 5.32 Å². The third-order valence-electron chi connectivity index (χ3n) is 3.21. The molecule has 23 heavy (non-hydrogen) atoms. The number of carbonyl (C=O) groups is 2. The molecule has 0 aliphatic carbocycles. The lowest BCUT2D eigenvalue weighted by atomic mass is 10.0. The number of hydrogen-bond donors (Lipinski definition) is 2. The van der Waals surface area contributed by atoms with Crippen LogP contribution in [-0.2, 0) is 11.2 Å². The van der Waals surface area contributed by atoms with Crippen LogP contribution >= 0.6 is 34.2 Å². The lowest BCUT2D eigenvalue weighted by Crippen LogP contribution is -2.17. The molecule has 0 aliphatic rings. The Morgan fingerprint density at radius 1 is 1.13 bits per heavy atom. The second-order valence-corrected chi connectivity index (χ2v) is 6.91. The van der Waals surface area contributed by atoms with Crippen molar-refractivity contribution in [1.29, 1.82) is 0 Å². The maximum absolute atomic E-state index is 12.2. The Bertz CT molecular complexity index is 769. The maximum Gasteiger partial charge on any atom is 0.337 e. The van der Waals surface area contributed by atoms with E-state index in [9.17, 15) is 14.7 Å². The first-order valence-corrected chi connectivity index (χ1v) is 8.31. The first-order valence-electron chi connectivity index (χ1n) is 6.85. The van der Waals surface area contributed by atoms with Crippen LogP contribution in [0.4, 0.5) is 5.69 Å². The highest BCUT2D eigenvalue weighted by atomic mass is 127. The molecule has 2 rings (SSSR count). The van der Waals surface area contributed by atoms with E-state index >= 15 is 0 Å². The van der Waals surface area contributed by atoms with E-state index in [0.29, 0.717) is 8.59 Å². The Labute approximate surface area is 153 Å². The first kappa shape index (κ1) is 17.7. The van der Waals surface area contributed by atoms with Crippen LogP contribution in [0.1, 0.15) is 27.0 Å². The number of amides is 1. The van der Waals surface area contributed by atoms with Gasteiger partial charge in [0.2, 0.25) is 5.91 Å². The van der Waals surface area contributed by atoms with Crippen molar-refractivity contribution in [3.63, 3.8) is 0 Å². The average Bonchev–Trinajstić information content (AvgIpc) is 2.40.